The molecule has 0 aromatic heterocycles. The highest BCUT2D eigenvalue weighted by atomic mass is 16.5. The van der Waals surface area contributed by atoms with Crippen molar-refractivity contribution >= 4 is 11.8 Å². The van der Waals surface area contributed by atoms with Gasteiger partial charge in [-0.15, -0.1) is 0 Å². The number of piperidine rings is 1. The summed E-state index contributed by atoms with van der Waals surface area (Å²) in [5, 5.41) is 0. The van der Waals surface area contributed by atoms with Gasteiger partial charge in [0.05, 0.1) is 14.2 Å². The zero-order valence-electron chi connectivity index (χ0n) is 14.4. The number of rotatable bonds is 7. The smallest absolute Gasteiger partial charge is 0.222 e. The number of hydrogen-bond donors (Lipinski definition) is 1. The lowest BCUT2D eigenvalue weighted by atomic mass is 9.93. The molecule has 1 aliphatic heterocycles. The van der Waals surface area contributed by atoms with Crippen LogP contribution in [0.3, 0.4) is 0 Å². The second-order valence-electron chi connectivity index (χ2n) is 6.22. The molecule has 1 heterocycles. The first kappa shape index (κ1) is 18.1. The second-order valence-corrected chi connectivity index (χ2v) is 6.22. The first-order valence-corrected chi connectivity index (χ1v) is 8.30. The summed E-state index contributed by atoms with van der Waals surface area (Å²) in [6.07, 6.45) is 3.22. The summed E-state index contributed by atoms with van der Waals surface area (Å²) in [5.74, 6) is 1.66. The molecule has 0 atom stereocenters. The molecule has 132 valence electrons. The van der Waals surface area contributed by atoms with Gasteiger partial charge in [0.1, 0.15) is 11.5 Å². The Labute approximate surface area is 142 Å². The Morgan fingerprint density at radius 3 is 2.21 bits per heavy atom. The fourth-order valence-electron chi connectivity index (χ4n) is 3.09. The van der Waals surface area contributed by atoms with E-state index in [9.17, 15) is 9.59 Å². The quantitative estimate of drug-likeness (QED) is 0.823. The van der Waals surface area contributed by atoms with Gasteiger partial charge >= 0.3 is 0 Å². The van der Waals surface area contributed by atoms with Crippen molar-refractivity contribution < 1.29 is 19.1 Å². The number of amides is 2. The number of benzene rings is 1. The van der Waals surface area contributed by atoms with E-state index in [4.69, 9.17) is 15.2 Å². The summed E-state index contributed by atoms with van der Waals surface area (Å²) < 4.78 is 10.5. The largest absolute Gasteiger partial charge is 0.497 e. The average molecular weight is 334 g/mol. The number of aryl methyl sites for hydroxylation is 1. The van der Waals surface area contributed by atoms with E-state index in [0.717, 1.165) is 29.9 Å². The van der Waals surface area contributed by atoms with Gasteiger partial charge in [-0.1, -0.05) is 0 Å². The second kappa shape index (κ2) is 8.57. The van der Waals surface area contributed by atoms with Crippen LogP contribution in [-0.2, 0) is 16.0 Å². The molecular weight excluding hydrogens is 308 g/mol. The fourth-order valence-corrected chi connectivity index (χ4v) is 3.09. The van der Waals surface area contributed by atoms with Crippen molar-refractivity contribution in [3.05, 3.63) is 23.8 Å². The van der Waals surface area contributed by atoms with E-state index in [-0.39, 0.29) is 11.8 Å². The summed E-state index contributed by atoms with van der Waals surface area (Å²) in [6, 6.07) is 5.67. The van der Waals surface area contributed by atoms with Gasteiger partial charge in [0.2, 0.25) is 11.8 Å². The molecular formula is C18H26N2O4. The van der Waals surface area contributed by atoms with Crippen LogP contribution in [0.4, 0.5) is 0 Å². The van der Waals surface area contributed by atoms with Crippen molar-refractivity contribution in [1.82, 2.24) is 4.90 Å². The maximum Gasteiger partial charge on any atom is 0.222 e. The lowest BCUT2D eigenvalue weighted by Crippen LogP contribution is -2.39. The molecule has 1 aromatic rings. The van der Waals surface area contributed by atoms with Gasteiger partial charge in [-0.25, -0.2) is 0 Å². The Morgan fingerprint density at radius 2 is 1.71 bits per heavy atom. The molecule has 1 saturated heterocycles. The first-order valence-electron chi connectivity index (χ1n) is 8.30. The van der Waals surface area contributed by atoms with Gasteiger partial charge in [-0.05, 0) is 42.9 Å². The Balaban J connectivity index is 1.84. The van der Waals surface area contributed by atoms with Gasteiger partial charge in [-0.3, -0.25) is 9.59 Å². The van der Waals surface area contributed by atoms with E-state index in [2.05, 4.69) is 0 Å². The highest BCUT2D eigenvalue weighted by Crippen LogP contribution is 2.24. The van der Waals surface area contributed by atoms with Crippen molar-refractivity contribution in [2.75, 3.05) is 27.3 Å². The van der Waals surface area contributed by atoms with Crippen LogP contribution in [0.1, 0.15) is 31.2 Å². The Hall–Kier alpha value is -2.24. The average Bonchev–Trinajstić information content (AvgIpc) is 2.59. The van der Waals surface area contributed by atoms with Crippen molar-refractivity contribution in [2.24, 2.45) is 11.7 Å². The molecule has 1 aliphatic rings. The highest BCUT2D eigenvalue weighted by Gasteiger charge is 2.23. The van der Waals surface area contributed by atoms with Crippen molar-refractivity contribution in [3.8, 4) is 11.5 Å². The number of nitrogens with two attached hydrogens (primary N) is 1. The number of hydrogen-bond acceptors (Lipinski definition) is 4. The predicted molar refractivity (Wildman–Crippen MR) is 91.0 cm³/mol. The molecule has 6 nitrogen and oxygen atoms in total. The highest BCUT2D eigenvalue weighted by molar-refractivity contribution is 5.77. The standard InChI is InChI=1S/C18H26N2O4/c1-23-15-9-14(10-16(12-15)24-2)3-4-18(22)20-7-5-13(6-8-20)11-17(19)21/h9-10,12-13H,3-8,11H2,1-2H3,(H2,19,21). The molecule has 0 saturated carbocycles. The van der Waals surface area contributed by atoms with E-state index >= 15 is 0 Å². The van der Waals surface area contributed by atoms with Gasteiger partial charge < -0.3 is 20.1 Å². The van der Waals surface area contributed by atoms with E-state index in [0.29, 0.717) is 38.3 Å². The number of likely N-dealkylation sites (tertiary alicyclic amines) is 1. The number of primary amides is 1. The van der Waals surface area contributed by atoms with Crippen LogP contribution in [0.25, 0.3) is 0 Å². The van der Waals surface area contributed by atoms with Gasteiger partial charge in [0.25, 0.3) is 0 Å². The van der Waals surface area contributed by atoms with E-state index < -0.39 is 0 Å². The molecule has 2 rings (SSSR count). The van der Waals surface area contributed by atoms with Gasteiger partial charge in [0, 0.05) is 32.0 Å². The molecule has 1 fully saturated rings. The van der Waals surface area contributed by atoms with Crippen molar-refractivity contribution in [1.29, 1.82) is 0 Å². The molecule has 0 bridgehead atoms. The topological polar surface area (TPSA) is 81.9 Å². The maximum atomic E-state index is 12.4. The summed E-state index contributed by atoms with van der Waals surface area (Å²) >= 11 is 0. The monoisotopic (exact) mass is 334 g/mol. The normalized spacial score (nSPS) is 15.2. The first-order chi connectivity index (χ1) is 11.5. The van der Waals surface area contributed by atoms with Crippen molar-refractivity contribution in [2.45, 2.75) is 32.1 Å². The molecule has 2 amide bonds. The summed E-state index contributed by atoms with van der Waals surface area (Å²) in [7, 11) is 3.22. The molecule has 0 spiro atoms. The lowest BCUT2D eigenvalue weighted by Gasteiger charge is -2.31. The lowest BCUT2D eigenvalue weighted by molar-refractivity contribution is -0.132. The number of methoxy groups -OCH3 is 2. The van der Waals surface area contributed by atoms with Crippen LogP contribution in [0.5, 0.6) is 11.5 Å². The Kier molecular flexibility index (Phi) is 6.46. The third kappa shape index (κ3) is 5.15. The van der Waals surface area contributed by atoms with Crippen LogP contribution in [0, 0.1) is 5.92 Å². The van der Waals surface area contributed by atoms with Crippen molar-refractivity contribution in [3.63, 3.8) is 0 Å². The molecule has 2 N–H and O–H groups in total. The fraction of sp³-hybridized carbons (Fsp3) is 0.556. The van der Waals surface area contributed by atoms with Crippen LogP contribution in [0.15, 0.2) is 18.2 Å². The van der Waals surface area contributed by atoms with E-state index in [1.807, 2.05) is 23.1 Å². The number of carbonyl (C=O) groups is 2. The molecule has 24 heavy (non-hydrogen) atoms. The minimum Gasteiger partial charge on any atom is -0.497 e. The zero-order valence-corrected chi connectivity index (χ0v) is 14.4. The number of nitrogens with zero attached hydrogens (tertiary/aromatic N) is 1. The van der Waals surface area contributed by atoms with E-state index in [1.165, 1.54) is 0 Å². The number of ether oxygens (including phenoxy) is 2. The van der Waals surface area contributed by atoms with Crippen LogP contribution in [0.2, 0.25) is 0 Å². The molecule has 6 heteroatoms. The minimum atomic E-state index is -0.258. The Bertz CT molecular complexity index is 558. The summed E-state index contributed by atoms with van der Waals surface area (Å²) in [5.41, 5.74) is 6.25. The molecule has 1 aromatic carbocycles. The third-order valence-electron chi connectivity index (χ3n) is 4.50. The minimum absolute atomic E-state index is 0.148. The third-order valence-corrected chi connectivity index (χ3v) is 4.50. The maximum absolute atomic E-state index is 12.4. The molecule has 0 unspecified atom stereocenters. The van der Waals surface area contributed by atoms with Crippen LogP contribution in [-0.4, -0.2) is 44.0 Å². The van der Waals surface area contributed by atoms with Crippen LogP contribution < -0.4 is 15.2 Å². The Morgan fingerprint density at radius 1 is 1.12 bits per heavy atom. The van der Waals surface area contributed by atoms with Gasteiger partial charge in [0.15, 0.2) is 0 Å². The molecule has 0 aliphatic carbocycles. The number of carbonyl (C=O) groups excluding carboxylic acids is 2. The van der Waals surface area contributed by atoms with E-state index in [1.54, 1.807) is 14.2 Å². The van der Waals surface area contributed by atoms with Crippen LogP contribution >= 0.6 is 0 Å². The zero-order chi connectivity index (χ0) is 17.5. The molecule has 0 radical (unpaired) electrons. The SMILES string of the molecule is COc1cc(CCC(=O)N2CCC(CC(N)=O)CC2)cc(OC)c1. The van der Waals surface area contributed by atoms with Gasteiger partial charge in [-0.2, -0.15) is 0 Å². The summed E-state index contributed by atoms with van der Waals surface area (Å²) in [6.45, 7) is 1.41. The predicted octanol–water partition coefficient (Wildman–Crippen LogP) is 1.75. The summed E-state index contributed by atoms with van der Waals surface area (Å²) in [4.78, 5) is 25.2.